The average molecular weight is 236 g/mol. The molecule has 5 heteroatoms. The van der Waals surface area contributed by atoms with Crippen LogP contribution in [0, 0.1) is 0 Å². The van der Waals surface area contributed by atoms with Crippen LogP contribution in [0.5, 0.6) is 0 Å². The summed E-state index contributed by atoms with van der Waals surface area (Å²) in [7, 11) is 0. The lowest BCUT2D eigenvalue weighted by molar-refractivity contribution is -0.122. The molecule has 1 saturated heterocycles. The molecule has 0 radical (unpaired) electrons. The van der Waals surface area contributed by atoms with Crippen LogP contribution >= 0.6 is 0 Å². The number of ether oxygens (including phenoxy) is 1. The van der Waals surface area contributed by atoms with Gasteiger partial charge in [-0.15, -0.1) is 0 Å². The third-order valence-electron chi connectivity index (χ3n) is 3.28. The summed E-state index contributed by atoms with van der Waals surface area (Å²) in [6, 6.07) is 4.18. The molecular formula is C12H16N2O3. The molecule has 0 unspecified atom stereocenters. The maximum atomic E-state index is 8.36. The van der Waals surface area contributed by atoms with Gasteiger partial charge in [0.15, 0.2) is 0 Å². The van der Waals surface area contributed by atoms with Crippen LogP contribution in [0.4, 0.5) is 0 Å². The molecule has 2 N–H and O–H groups in total. The van der Waals surface area contributed by atoms with E-state index in [1.165, 1.54) is 5.56 Å². The zero-order valence-electron chi connectivity index (χ0n) is 9.56. The van der Waals surface area contributed by atoms with Crippen molar-refractivity contribution < 1.29 is 14.6 Å². The van der Waals surface area contributed by atoms with Gasteiger partial charge in [0.2, 0.25) is 0 Å². The van der Waals surface area contributed by atoms with Gasteiger partial charge in [0.05, 0.1) is 17.9 Å². The largest absolute Gasteiger partial charge is 0.483 e. The van der Waals surface area contributed by atoms with E-state index in [0.717, 1.165) is 31.6 Å². The maximum absolute atomic E-state index is 8.36. The molecule has 17 heavy (non-hydrogen) atoms. The minimum atomic E-state index is -0.250. The van der Waals surface area contributed by atoms with Crippen molar-refractivity contribution in [3.05, 3.63) is 29.6 Å². The van der Waals surface area contributed by atoms with E-state index >= 15 is 0 Å². The van der Waals surface area contributed by atoms with Crippen molar-refractivity contribution >= 4 is 6.47 Å². The minimum Gasteiger partial charge on any atom is -0.483 e. The Kier molecular flexibility index (Phi) is 3.71. The zero-order valence-corrected chi connectivity index (χ0v) is 9.56. The van der Waals surface area contributed by atoms with E-state index in [9.17, 15) is 0 Å². The second-order valence-corrected chi connectivity index (χ2v) is 4.14. The third kappa shape index (κ3) is 2.30. The summed E-state index contributed by atoms with van der Waals surface area (Å²) < 4.78 is 5.95. The van der Waals surface area contributed by atoms with Crippen LogP contribution < -0.4 is 5.32 Å². The fraction of sp³-hybridized carbons (Fsp3) is 0.500. The number of rotatable bonds is 0. The highest BCUT2D eigenvalue weighted by molar-refractivity contribution is 5.32. The Balaban J connectivity index is 0.000000329. The van der Waals surface area contributed by atoms with Gasteiger partial charge in [-0.2, -0.15) is 0 Å². The lowest BCUT2D eigenvalue weighted by Gasteiger charge is -2.33. The predicted molar refractivity (Wildman–Crippen MR) is 61.5 cm³/mol. The molecule has 2 aliphatic heterocycles. The molecule has 0 saturated carbocycles. The van der Waals surface area contributed by atoms with Gasteiger partial charge in [0.1, 0.15) is 0 Å². The Morgan fingerprint density at radius 1 is 1.47 bits per heavy atom. The van der Waals surface area contributed by atoms with Gasteiger partial charge in [-0.3, -0.25) is 9.78 Å². The summed E-state index contributed by atoms with van der Waals surface area (Å²) in [5, 5.41) is 10.3. The summed E-state index contributed by atoms with van der Waals surface area (Å²) in [6.45, 7) is 2.54. The zero-order chi connectivity index (χ0) is 12.1. The predicted octanol–water partition coefficient (Wildman–Crippen LogP) is 0.891. The fourth-order valence-corrected chi connectivity index (χ4v) is 2.50. The number of hydrogen-bond acceptors (Lipinski definition) is 4. The molecule has 0 atom stereocenters. The van der Waals surface area contributed by atoms with Gasteiger partial charge in [-0.05, 0) is 32.0 Å². The molecule has 92 valence electrons. The Morgan fingerprint density at radius 3 is 2.88 bits per heavy atom. The topological polar surface area (TPSA) is 71.5 Å². The van der Waals surface area contributed by atoms with Gasteiger partial charge < -0.3 is 15.2 Å². The average Bonchev–Trinajstić information content (AvgIpc) is 2.71. The molecule has 0 amide bonds. The molecule has 2 aliphatic rings. The first-order valence-electron chi connectivity index (χ1n) is 5.69. The highest BCUT2D eigenvalue weighted by Crippen LogP contribution is 2.41. The van der Waals surface area contributed by atoms with Crippen LogP contribution in [-0.4, -0.2) is 29.7 Å². The van der Waals surface area contributed by atoms with Crippen molar-refractivity contribution in [2.45, 2.75) is 25.0 Å². The third-order valence-corrected chi connectivity index (χ3v) is 3.28. The molecule has 1 aromatic heterocycles. The Labute approximate surface area is 99.8 Å². The molecule has 1 fully saturated rings. The maximum Gasteiger partial charge on any atom is 0.290 e. The minimum absolute atomic E-state index is 0.0190. The number of aromatic nitrogens is 1. The number of nitrogens with one attached hydrogen (secondary N) is 1. The van der Waals surface area contributed by atoms with E-state index in [4.69, 9.17) is 14.6 Å². The summed E-state index contributed by atoms with van der Waals surface area (Å²) in [5.74, 6) is 0. The van der Waals surface area contributed by atoms with Gasteiger partial charge in [-0.25, -0.2) is 0 Å². The monoisotopic (exact) mass is 236 g/mol. The summed E-state index contributed by atoms with van der Waals surface area (Å²) in [5.41, 5.74) is 2.44. The van der Waals surface area contributed by atoms with E-state index in [-0.39, 0.29) is 12.1 Å². The van der Waals surface area contributed by atoms with E-state index in [0.29, 0.717) is 6.61 Å². The summed E-state index contributed by atoms with van der Waals surface area (Å²) >= 11 is 0. The number of hydrogen-bond donors (Lipinski definition) is 2. The first kappa shape index (κ1) is 12.0. The standard InChI is InChI=1S/C11H14N2O.CH2O2/c1-2-9-10(13-5-1)8-14-11(9)3-6-12-7-4-11;2-1-3/h1-2,5,12H,3-4,6-8H2;1H,(H,2,3). The van der Waals surface area contributed by atoms with E-state index in [2.05, 4.69) is 16.4 Å². The molecular weight excluding hydrogens is 220 g/mol. The van der Waals surface area contributed by atoms with Crippen LogP contribution in [0.15, 0.2) is 18.3 Å². The number of piperidine rings is 1. The highest BCUT2D eigenvalue weighted by Gasteiger charge is 2.41. The Bertz CT molecular complexity index is 384. The first-order chi connectivity index (χ1) is 8.32. The van der Waals surface area contributed by atoms with E-state index < -0.39 is 0 Å². The molecule has 0 aromatic carbocycles. The lowest BCUT2D eigenvalue weighted by Crippen LogP contribution is -2.39. The van der Waals surface area contributed by atoms with Gasteiger partial charge in [0, 0.05) is 11.8 Å². The van der Waals surface area contributed by atoms with Crippen LogP contribution in [0.2, 0.25) is 0 Å². The summed E-state index contributed by atoms with van der Waals surface area (Å²) in [4.78, 5) is 12.7. The van der Waals surface area contributed by atoms with Crippen molar-refractivity contribution in [2.24, 2.45) is 0 Å². The van der Waals surface area contributed by atoms with Crippen molar-refractivity contribution in [2.75, 3.05) is 13.1 Å². The van der Waals surface area contributed by atoms with E-state index in [1.54, 1.807) is 0 Å². The van der Waals surface area contributed by atoms with Gasteiger partial charge >= 0.3 is 0 Å². The lowest BCUT2D eigenvalue weighted by atomic mass is 9.86. The smallest absolute Gasteiger partial charge is 0.290 e. The molecule has 3 heterocycles. The normalized spacial score (nSPS) is 20.2. The molecule has 5 nitrogen and oxygen atoms in total. The quantitative estimate of drug-likeness (QED) is 0.655. The molecule has 1 aromatic rings. The molecule has 0 bridgehead atoms. The number of pyridine rings is 1. The van der Waals surface area contributed by atoms with Gasteiger partial charge in [-0.1, -0.05) is 6.07 Å². The number of carbonyl (C=O) groups is 1. The van der Waals surface area contributed by atoms with Crippen LogP contribution in [0.3, 0.4) is 0 Å². The Morgan fingerprint density at radius 2 is 2.18 bits per heavy atom. The fourth-order valence-electron chi connectivity index (χ4n) is 2.50. The van der Waals surface area contributed by atoms with E-state index in [1.807, 2.05) is 12.3 Å². The van der Waals surface area contributed by atoms with Crippen LogP contribution in [0.1, 0.15) is 24.1 Å². The first-order valence-corrected chi connectivity index (χ1v) is 5.69. The molecule has 1 spiro atoms. The SMILES string of the molecule is O=CO.c1cnc2c(c1)C1(CCNCC1)OC2. The molecule has 0 aliphatic carbocycles. The number of fused-ring (bicyclic) bond motifs is 2. The van der Waals surface area contributed by atoms with Crippen molar-refractivity contribution in [3.8, 4) is 0 Å². The van der Waals surface area contributed by atoms with Crippen LogP contribution in [-0.2, 0) is 21.7 Å². The van der Waals surface area contributed by atoms with Crippen LogP contribution in [0.25, 0.3) is 0 Å². The van der Waals surface area contributed by atoms with Crippen molar-refractivity contribution in [3.63, 3.8) is 0 Å². The molecule has 3 rings (SSSR count). The highest BCUT2D eigenvalue weighted by atomic mass is 16.5. The van der Waals surface area contributed by atoms with Crippen molar-refractivity contribution in [1.82, 2.24) is 10.3 Å². The number of carboxylic acid groups (broad SMARTS) is 1. The van der Waals surface area contributed by atoms with Gasteiger partial charge in [0.25, 0.3) is 6.47 Å². The second-order valence-electron chi connectivity index (χ2n) is 4.14. The number of nitrogens with zero attached hydrogens (tertiary/aromatic N) is 1. The Hall–Kier alpha value is -1.46. The second kappa shape index (κ2) is 5.25. The van der Waals surface area contributed by atoms with Crippen molar-refractivity contribution in [1.29, 1.82) is 0 Å². The summed E-state index contributed by atoms with van der Waals surface area (Å²) in [6.07, 6.45) is 4.00.